The van der Waals surface area contributed by atoms with Crippen molar-refractivity contribution in [2.45, 2.75) is 19.4 Å². The molecular weight excluding hydrogens is 244 g/mol. The van der Waals surface area contributed by atoms with E-state index < -0.39 is 0 Å². The molecule has 1 aliphatic rings. The molecular formula is C13H20N4S. The fraction of sp³-hybridized carbons (Fsp3) is 0.538. The minimum Gasteiger partial charge on any atom is -0.392 e. The number of thiocarbonyl (C=S) groups is 1. The predicted octanol–water partition coefficient (Wildman–Crippen LogP) is 1.27. The molecule has 1 aromatic rings. The zero-order valence-corrected chi connectivity index (χ0v) is 11.8. The molecule has 0 amide bonds. The van der Waals surface area contributed by atoms with Crippen LogP contribution in [0.15, 0.2) is 24.5 Å². The number of nitrogens with zero attached hydrogens (tertiary/aromatic N) is 3. The number of piperazine rings is 1. The van der Waals surface area contributed by atoms with E-state index in [4.69, 9.17) is 18.0 Å². The van der Waals surface area contributed by atoms with Crippen LogP contribution in [0, 0.1) is 0 Å². The molecule has 2 N–H and O–H groups in total. The molecule has 5 heteroatoms. The molecule has 1 aromatic heterocycles. The molecule has 98 valence electrons. The quantitative estimate of drug-likeness (QED) is 0.833. The van der Waals surface area contributed by atoms with Gasteiger partial charge in [-0.1, -0.05) is 12.2 Å². The maximum Gasteiger partial charge on any atom is 0.0928 e. The lowest BCUT2D eigenvalue weighted by Gasteiger charge is -2.44. The Morgan fingerprint density at radius 1 is 1.22 bits per heavy atom. The molecule has 2 rings (SSSR count). The molecule has 0 radical (unpaired) electrons. The number of hydrogen-bond acceptors (Lipinski definition) is 4. The van der Waals surface area contributed by atoms with Crippen LogP contribution in [-0.2, 0) is 0 Å². The number of rotatable bonds is 3. The molecule has 0 saturated carbocycles. The first-order valence-electron chi connectivity index (χ1n) is 6.22. The van der Waals surface area contributed by atoms with E-state index in [0.717, 1.165) is 26.2 Å². The summed E-state index contributed by atoms with van der Waals surface area (Å²) in [6, 6.07) is 4.10. The van der Waals surface area contributed by atoms with E-state index in [1.54, 1.807) is 0 Å². The Balaban J connectivity index is 1.99. The van der Waals surface area contributed by atoms with E-state index in [1.807, 2.05) is 24.5 Å². The minimum absolute atomic E-state index is 0.195. The maximum atomic E-state index is 5.81. The van der Waals surface area contributed by atoms with Crippen LogP contribution in [-0.4, -0.2) is 46.6 Å². The van der Waals surface area contributed by atoms with Crippen LogP contribution >= 0.6 is 12.2 Å². The summed E-state index contributed by atoms with van der Waals surface area (Å²) >= 11 is 5.15. The largest absolute Gasteiger partial charge is 0.392 e. The highest BCUT2D eigenvalue weighted by atomic mass is 32.1. The normalized spacial score (nSPS) is 17.8. The van der Waals surface area contributed by atoms with Gasteiger partial charge in [-0.25, -0.2) is 0 Å². The van der Waals surface area contributed by atoms with Gasteiger partial charge in [0, 0.05) is 44.3 Å². The lowest BCUT2D eigenvalue weighted by Crippen LogP contribution is -2.59. The average molecular weight is 264 g/mol. The Hall–Kier alpha value is -1.20. The fourth-order valence-corrected chi connectivity index (χ4v) is 2.36. The lowest BCUT2D eigenvalue weighted by atomic mass is 10.0. The molecule has 4 nitrogen and oxygen atoms in total. The molecule has 0 atom stereocenters. The highest BCUT2D eigenvalue weighted by molar-refractivity contribution is 7.80. The van der Waals surface area contributed by atoms with Gasteiger partial charge >= 0.3 is 0 Å². The number of anilines is 1. The second kappa shape index (κ2) is 5.20. The molecule has 0 spiro atoms. The van der Waals surface area contributed by atoms with Crippen LogP contribution in [0.5, 0.6) is 0 Å². The van der Waals surface area contributed by atoms with E-state index in [-0.39, 0.29) is 5.54 Å². The smallest absolute Gasteiger partial charge is 0.0928 e. The van der Waals surface area contributed by atoms with Crippen molar-refractivity contribution in [1.82, 2.24) is 9.88 Å². The molecule has 0 unspecified atom stereocenters. The number of aromatic nitrogens is 1. The van der Waals surface area contributed by atoms with Gasteiger partial charge in [0.2, 0.25) is 0 Å². The van der Waals surface area contributed by atoms with Crippen LogP contribution in [0.1, 0.15) is 13.8 Å². The summed E-state index contributed by atoms with van der Waals surface area (Å²) in [5.41, 5.74) is 6.85. The van der Waals surface area contributed by atoms with Crippen molar-refractivity contribution in [3.63, 3.8) is 0 Å². The zero-order valence-electron chi connectivity index (χ0n) is 11.0. The van der Waals surface area contributed by atoms with Crippen molar-refractivity contribution in [2.75, 3.05) is 31.1 Å². The van der Waals surface area contributed by atoms with Gasteiger partial charge in [0.1, 0.15) is 0 Å². The van der Waals surface area contributed by atoms with Crippen LogP contribution in [0.2, 0.25) is 0 Å². The Labute approximate surface area is 114 Å². The second-order valence-electron chi connectivity index (χ2n) is 5.10. The fourth-order valence-electron chi connectivity index (χ4n) is 2.23. The van der Waals surface area contributed by atoms with Gasteiger partial charge in [0.15, 0.2) is 0 Å². The summed E-state index contributed by atoms with van der Waals surface area (Å²) in [7, 11) is 0. The van der Waals surface area contributed by atoms with Gasteiger partial charge < -0.3 is 10.6 Å². The molecule has 2 heterocycles. The topological polar surface area (TPSA) is 45.4 Å². The Morgan fingerprint density at radius 2 is 1.78 bits per heavy atom. The number of nitrogens with two attached hydrogens (primary N) is 1. The van der Waals surface area contributed by atoms with Crippen molar-refractivity contribution in [1.29, 1.82) is 0 Å². The van der Waals surface area contributed by atoms with Gasteiger partial charge in [-0.3, -0.25) is 9.88 Å². The summed E-state index contributed by atoms with van der Waals surface area (Å²) in [5.74, 6) is 0. The third kappa shape index (κ3) is 2.62. The van der Waals surface area contributed by atoms with E-state index in [0.29, 0.717) is 4.99 Å². The van der Waals surface area contributed by atoms with Crippen molar-refractivity contribution >= 4 is 22.9 Å². The molecule has 0 aromatic carbocycles. The van der Waals surface area contributed by atoms with E-state index in [2.05, 4.69) is 28.6 Å². The van der Waals surface area contributed by atoms with E-state index in [9.17, 15) is 0 Å². The Morgan fingerprint density at radius 3 is 2.28 bits per heavy atom. The molecule has 1 saturated heterocycles. The standard InChI is InChI=1S/C13H20N4S/c1-13(2,12(14)18)17-9-7-16(8-10-17)11-3-5-15-6-4-11/h3-6H,7-10H2,1-2H3,(H2,14,18). The van der Waals surface area contributed by atoms with Crippen molar-refractivity contribution in [3.8, 4) is 0 Å². The summed E-state index contributed by atoms with van der Waals surface area (Å²) in [6.45, 7) is 8.14. The monoisotopic (exact) mass is 264 g/mol. The second-order valence-corrected chi connectivity index (χ2v) is 5.54. The van der Waals surface area contributed by atoms with Crippen LogP contribution < -0.4 is 10.6 Å². The first-order chi connectivity index (χ1) is 8.51. The summed E-state index contributed by atoms with van der Waals surface area (Å²) in [4.78, 5) is 9.34. The first kappa shape index (κ1) is 13.2. The van der Waals surface area contributed by atoms with E-state index >= 15 is 0 Å². The van der Waals surface area contributed by atoms with E-state index in [1.165, 1.54) is 5.69 Å². The molecule has 18 heavy (non-hydrogen) atoms. The van der Waals surface area contributed by atoms with Gasteiger partial charge in [-0.15, -0.1) is 0 Å². The zero-order chi connectivity index (χ0) is 13.2. The van der Waals surface area contributed by atoms with Crippen LogP contribution in [0.25, 0.3) is 0 Å². The molecule has 0 aliphatic carbocycles. The first-order valence-corrected chi connectivity index (χ1v) is 6.62. The predicted molar refractivity (Wildman–Crippen MR) is 78.9 cm³/mol. The van der Waals surface area contributed by atoms with Crippen LogP contribution in [0.3, 0.4) is 0 Å². The number of pyridine rings is 1. The summed E-state index contributed by atoms with van der Waals surface area (Å²) in [5, 5.41) is 0. The lowest BCUT2D eigenvalue weighted by molar-refractivity contribution is 0.168. The van der Waals surface area contributed by atoms with Crippen molar-refractivity contribution < 1.29 is 0 Å². The summed E-state index contributed by atoms with van der Waals surface area (Å²) < 4.78 is 0. The maximum absolute atomic E-state index is 5.81. The molecule has 1 fully saturated rings. The summed E-state index contributed by atoms with van der Waals surface area (Å²) in [6.07, 6.45) is 3.67. The third-order valence-electron chi connectivity index (χ3n) is 3.70. The van der Waals surface area contributed by atoms with Gasteiger partial charge in [0.05, 0.1) is 10.5 Å². The average Bonchev–Trinajstić information content (AvgIpc) is 2.40. The SMILES string of the molecule is CC(C)(C(N)=S)N1CCN(c2ccncc2)CC1. The Bertz CT molecular complexity index is 410. The van der Waals surface area contributed by atoms with Crippen LogP contribution in [0.4, 0.5) is 5.69 Å². The number of hydrogen-bond donors (Lipinski definition) is 1. The highest BCUT2D eigenvalue weighted by Gasteiger charge is 2.32. The third-order valence-corrected chi connectivity index (χ3v) is 4.20. The highest BCUT2D eigenvalue weighted by Crippen LogP contribution is 2.20. The minimum atomic E-state index is -0.195. The van der Waals surface area contributed by atoms with Gasteiger partial charge in [-0.05, 0) is 26.0 Å². The van der Waals surface area contributed by atoms with Gasteiger partial charge in [0.25, 0.3) is 0 Å². The van der Waals surface area contributed by atoms with Crippen molar-refractivity contribution in [3.05, 3.63) is 24.5 Å². The van der Waals surface area contributed by atoms with Gasteiger partial charge in [-0.2, -0.15) is 0 Å². The van der Waals surface area contributed by atoms with Crippen molar-refractivity contribution in [2.24, 2.45) is 5.73 Å². The molecule has 0 bridgehead atoms. The Kier molecular flexibility index (Phi) is 3.82. The molecule has 1 aliphatic heterocycles.